The standard InChI is InChI=1S/C14H15N3O4/c1-2-12(13(18)19)21-14(20)10-7-8-17(16-10)11-6-4-3-5-9(11)15/h3-8,12H,2,15H2,1H3,(H,18,19). The fourth-order valence-electron chi connectivity index (χ4n) is 1.76. The summed E-state index contributed by atoms with van der Waals surface area (Å²) in [5.74, 6) is -1.96. The van der Waals surface area contributed by atoms with Crippen molar-refractivity contribution in [3.8, 4) is 5.69 Å². The first kappa shape index (κ1) is 14.6. The molecule has 1 heterocycles. The predicted octanol–water partition coefficient (Wildman–Crippen LogP) is 1.47. The van der Waals surface area contributed by atoms with Gasteiger partial charge in [-0.15, -0.1) is 0 Å². The van der Waals surface area contributed by atoms with Crippen LogP contribution in [0.15, 0.2) is 36.5 Å². The summed E-state index contributed by atoms with van der Waals surface area (Å²) >= 11 is 0. The van der Waals surface area contributed by atoms with Gasteiger partial charge in [0.2, 0.25) is 0 Å². The first-order valence-corrected chi connectivity index (χ1v) is 6.37. The first-order valence-electron chi connectivity index (χ1n) is 6.37. The Bertz CT molecular complexity index is 666. The smallest absolute Gasteiger partial charge is 0.359 e. The molecule has 0 fully saturated rings. The molecule has 0 spiro atoms. The maximum absolute atomic E-state index is 11.9. The number of nitrogen functional groups attached to an aromatic ring is 1. The molecule has 21 heavy (non-hydrogen) atoms. The Hall–Kier alpha value is -2.83. The van der Waals surface area contributed by atoms with Gasteiger partial charge in [-0.3, -0.25) is 0 Å². The number of anilines is 1. The molecular weight excluding hydrogens is 274 g/mol. The second kappa shape index (κ2) is 6.08. The lowest BCUT2D eigenvalue weighted by atomic mass is 10.3. The Balaban J connectivity index is 2.18. The van der Waals surface area contributed by atoms with E-state index in [1.165, 1.54) is 10.7 Å². The van der Waals surface area contributed by atoms with E-state index in [-0.39, 0.29) is 12.1 Å². The maximum atomic E-state index is 11.9. The molecule has 0 radical (unpaired) electrons. The van der Waals surface area contributed by atoms with Crippen molar-refractivity contribution in [3.63, 3.8) is 0 Å². The number of para-hydroxylation sites is 2. The lowest BCUT2D eigenvalue weighted by molar-refractivity contribution is -0.147. The third kappa shape index (κ3) is 3.19. The maximum Gasteiger partial charge on any atom is 0.359 e. The third-order valence-corrected chi connectivity index (χ3v) is 2.88. The van der Waals surface area contributed by atoms with Crippen LogP contribution in [0.1, 0.15) is 23.8 Å². The number of aliphatic carboxylic acids is 1. The topological polar surface area (TPSA) is 107 Å². The number of carbonyl (C=O) groups is 2. The number of nitrogens with two attached hydrogens (primary N) is 1. The summed E-state index contributed by atoms with van der Waals surface area (Å²) in [5.41, 5.74) is 6.99. The predicted molar refractivity (Wildman–Crippen MR) is 75.1 cm³/mol. The van der Waals surface area contributed by atoms with E-state index in [2.05, 4.69) is 5.10 Å². The molecule has 2 aromatic rings. The molecule has 0 aliphatic rings. The van der Waals surface area contributed by atoms with Crippen molar-refractivity contribution in [3.05, 3.63) is 42.2 Å². The minimum atomic E-state index is -1.18. The second-order valence-electron chi connectivity index (χ2n) is 4.34. The van der Waals surface area contributed by atoms with Gasteiger partial charge in [0.15, 0.2) is 11.8 Å². The number of carboxylic acids is 1. The molecule has 1 atom stereocenters. The molecule has 0 amide bonds. The lowest BCUT2D eigenvalue weighted by Crippen LogP contribution is -2.26. The monoisotopic (exact) mass is 289 g/mol. The number of carboxylic acid groups (broad SMARTS) is 1. The van der Waals surface area contributed by atoms with Crippen molar-refractivity contribution in [1.29, 1.82) is 0 Å². The van der Waals surface area contributed by atoms with Crippen LogP contribution < -0.4 is 5.73 Å². The van der Waals surface area contributed by atoms with Crippen molar-refractivity contribution in [1.82, 2.24) is 9.78 Å². The fourth-order valence-corrected chi connectivity index (χ4v) is 1.76. The average Bonchev–Trinajstić information content (AvgIpc) is 2.94. The van der Waals surface area contributed by atoms with Gasteiger partial charge in [-0.2, -0.15) is 5.10 Å². The van der Waals surface area contributed by atoms with Gasteiger partial charge in [0.05, 0.1) is 11.4 Å². The van der Waals surface area contributed by atoms with Crippen molar-refractivity contribution < 1.29 is 19.4 Å². The zero-order valence-corrected chi connectivity index (χ0v) is 11.4. The minimum absolute atomic E-state index is 0.0259. The second-order valence-corrected chi connectivity index (χ2v) is 4.34. The highest BCUT2D eigenvalue weighted by Gasteiger charge is 2.22. The summed E-state index contributed by atoms with van der Waals surface area (Å²) in [6.07, 6.45) is 0.571. The molecule has 1 unspecified atom stereocenters. The number of aromatic nitrogens is 2. The summed E-state index contributed by atoms with van der Waals surface area (Å²) in [4.78, 5) is 22.7. The highest BCUT2D eigenvalue weighted by atomic mass is 16.6. The van der Waals surface area contributed by atoms with Crippen molar-refractivity contribution in [2.24, 2.45) is 0 Å². The van der Waals surface area contributed by atoms with Gasteiger partial charge in [0.1, 0.15) is 0 Å². The van der Waals surface area contributed by atoms with Gasteiger partial charge in [-0.1, -0.05) is 19.1 Å². The number of nitrogens with zero attached hydrogens (tertiary/aromatic N) is 2. The van der Waals surface area contributed by atoms with Crippen LogP contribution in [0.5, 0.6) is 0 Å². The number of ether oxygens (including phenoxy) is 1. The summed E-state index contributed by atoms with van der Waals surface area (Å²) in [6, 6.07) is 8.50. The number of carbonyl (C=O) groups excluding carboxylic acids is 1. The Labute approximate surface area is 120 Å². The van der Waals surface area contributed by atoms with E-state index < -0.39 is 18.0 Å². The van der Waals surface area contributed by atoms with Gasteiger partial charge >= 0.3 is 11.9 Å². The Kier molecular flexibility index (Phi) is 4.22. The summed E-state index contributed by atoms with van der Waals surface area (Å²) in [7, 11) is 0. The quantitative estimate of drug-likeness (QED) is 0.637. The van der Waals surface area contributed by atoms with Crippen molar-refractivity contribution in [2.45, 2.75) is 19.4 Å². The van der Waals surface area contributed by atoms with Crippen LogP contribution in [0.2, 0.25) is 0 Å². The van der Waals surface area contributed by atoms with Gasteiger partial charge in [-0.05, 0) is 24.6 Å². The summed E-state index contributed by atoms with van der Waals surface area (Å²) in [6.45, 7) is 1.62. The van der Waals surface area contributed by atoms with E-state index in [4.69, 9.17) is 15.6 Å². The molecule has 1 aromatic heterocycles. The highest BCUT2D eigenvalue weighted by molar-refractivity contribution is 5.89. The van der Waals surface area contributed by atoms with E-state index >= 15 is 0 Å². The van der Waals surface area contributed by atoms with Gasteiger partial charge in [0, 0.05) is 6.20 Å². The first-order chi connectivity index (χ1) is 10.0. The third-order valence-electron chi connectivity index (χ3n) is 2.88. The number of rotatable bonds is 5. The largest absolute Gasteiger partial charge is 0.479 e. The van der Waals surface area contributed by atoms with Crippen LogP contribution in [0.3, 0.4) is 0 Å². The van der Waals surface area contributed by atoms with Crippen LogP contribution >= 0.6 is 0 Å². The van der Waals surface area contributed by atoms with E-state index in [0.717, 1.165) is 0 Å². The Morgan fingerprint density at radius 2 is 2.10 bits per heavy atom. The molecular formula is C14H15N3O4. The van der Waals surface area contributed by atoms with E-state index in [1.54, 1.807) is 37.4 Å². The van der Waals surface area contributed by atoms with E-state index in [1.807, 2.05) is 0 Å². The molecule has 7 nitrogen and oxygen atoms in total. The number of benzene rings is 1. The number of hydrogen-bond donors (Lipinski definition) is 2. The Morgan fingerprint density at radius 1 is 1.38 bits per heavy atom. The van der Waals surface area contributed by atoms with E-state index in [0.29, 0.717) is 11.4 Å². The summed E-state index contributed by atoms with van der Waals surface area (Å²) in [5, 5.41) is 12.9. The van der Waals surface area contributed by atoms with Crippen LogP contribution in [0.4, 0.5) is 5.69 Å². The van der Waals surface area contributed by atoms with E-state index in [9.17, 15) is 9.59 Å². The molecule has 7 heteroatoms. The van der Waals surface area contributed by atoms with Crippen molar-refractivity contribution in [2.75, 3.05) is 5.73 Å². The van der Waals surface area contributed by atoms with Crippen LogP contribution in [-0.2, 0) is 9.53 Å². The number of esters is 1. The van der Waals surface area contributed by atoms with Crippen LogP contribution in [0.25, 0.3) is 5.69 Å². The zero-order chi connectivity index (χ0) is 15.4. The van der Waals surface area contributed by atoms with Crippen LogP contribution in [-0.4, -0.2) is 32.9 Å². The molecule has 0 aliphatic heterocycles. The van der Waals surface area contributed by atoms with Crippen LogP contribution in [0, 0.1) is 0 Å². The molecule has 0 bridgehead atoms. The SMILES string of the molecule is CCC(OC(=O)c1ccn(-c2ccccc2N)n1)C(=O)O. The lowest BCUT2D eigenvalue weighted by Gasteiger charge is -2.10. The molecule has 110 valence electrons. The molecule has 0 saturated heterocycles. The minimum Gasteiger partial charge on any atom is -0.479 e. The number of hydrogen-bond acceptors (Lipinski definition) is 5. The normalized spacial score (nSPS) is 11.9. The molecule has 3 N–H and O–H groups in total. The van der Waals surface area contributed by atoms with Crippen molar-refractivity contribution >= 4 is 17.6 Å². The highest BCUT2D eigenvalue weighted by Crippen LogP contribution is 2.16. The molecule has 0 saturated carbocycles. The zero-order valence-electron chi connectivity index (χ0n) is 11.4. The van der Waals surface area contributed by atoms with Gasteiger partial charge in [0.25, 0.3) is 0 Å². The summed E-state index contributed by atoms with van der Waals surface area (Å²) < 4.78 is 6.32. The van der Waals surface area contributed by atoms with Gasteiger partial charge < -0.3 is 15.6 Å². The molecule has 1 aromatic carbocycles. The van der Waals surface area contributed by atoms with Gasteiger partial charge in [-0.25, -0.2) is 14.3 Å². The molecule has 2 rings (SSSR count). The average molecular weight is 289 g/mol. The molecule has 0 aliphatic carbocycles. The fraction of sp³-hybridized carbons (Fsp3) is 0.214. The Morgan fingerprint density at radius 3 is 2.71 bits per heavy atom.